The minimum Gasteiger partial charge on any atom is -0.325 e. The number of para-hydroxylation sites is 1. The summed E-state index contributed by atoms with van der Waals surface area (Å²) in [5.41, 5.74) is 5.99. The highest BCUT2D eigenvalue weighted by Gasteiger charge is 2.32. The molecule has 1 saturated carbocycles. The monoisotopic (exact) mass is 311 g/mol. The van der Waals surface area contributed by atoms with Crippen LogP contribution in [0.3, 0.4) is 0 Å². The molecule has 2 rings (SSSR count). The molecule has 4 N–H and O–H groups in total. The number of carbonyl (C=O) groups is 1. The molecule has 1 aromatic carbocycles. The molecule has 0 heterocycles. The fourth-order valence-electron chi connectivity index (χ4n) is 2.68. The standard InChI is InChI=1S/C14H21N3O3S/c1-16-21(19,20)12-7-3-2-6-11(12)17-13(18)10-14(15)8-4-5-9-14/h2-3,6-7,16H,4-5,8-10,15H2,1H3,(H,17,18). The van der Waals surface area contributed by atoms with E-state index in [4.69, 9.17) is 5.73 Å². The molecule has 6 nitrogen and oxygen atoms in total. The maximum Gasteiger partial charge on any atom is 0.242 e. The van der Waals surface area contributed by atoms with E-state index >= 15 is 0 Å². The summed E-state index contributed by atoms with van der Waals surface area (Å²) < 4.78 is 26.1. The van der Waals surface area contributed by atoms with Crippen LogP contribution in [0.15, 0.2) is 29.2 Å². The summed E-state index contributed by atoms with van der Waals surface area (Å²) in [4.78, 5) is 12.2. The molecule has 0 saturated heterocycles. The van der Waals surface area contributed by atoms with Gasteiger partial charge in [0.25, 0.3) is 0 Å². The van der Waals surface area contributed by atoms with Crippen LogP contribution >= 0.6 is 0 Å². The van der Waals surface area contributed by atoms with Crippen LogP contribution in [-0.4, -0.2) is 26.9 Å². The van der Waals surface area contributed by atoms with E-state index in [2.05, 4.69) is 10.0 Å². The molecule has 7 heteroatoms. The van der Waals surface area contributed by atoms with Crippen molar-refractivity contribution in [1.82, 2.24) is 4.72 Å². The normalized spacial score (nSPS) is 17.6. The minimum absolute atomic E-state index is 0.0540. The largest absolute Gasteiger partial charge is 0.325 e. The number of carbonyl (C=O) groups excluding carboxylic acids is 1. The first-order chi connectivity index (χ1) is 9.86. The molecule has 21 heavy (non-hydrogen) atoms. The van der Waals surface area contributed by atoms with Crippen LogP contribution in [0.25, 0.3) is 0 Å². The van der Waals surface area contributed by atoms with Gasteiger partial charge in [-0.3, -0.25) is 4.79 Å². The SMILES string of the molecule is CNS(=O)(=O)c1ccccc1NC(=O)CC1(N)CCCC1. The van der Waals surface area contributed by atoms with Gasteiger partial charge in [-0.15, -0.1) is 0 Å². The van der Waals surface area contributed by atoms with Gasteiger partial charge in [-0.2, -0.15) is 0 Å². The van der Waals surface area contributed by atoms with Crippen molar-refractivity contribution in [2.45, 2.75) is 42.5 Å². The van der Waals surface area contributed by atoms with E-state index in [9.17, 15) is 13.2 Å². The van der Waals surface area contributed by atoms with Gasteiger partial charge in [0.05, 0.1) is 5.69 Å². The van der Waals surface area contributed by atoms with Crippen LogP contribution in [0.2, 0.25) is 0 Å². The third-order valence-electron chi connectivity index (χ3n) is 3.83. The van der Waals surface area contributed by atoms with E-state index in [0.29, 0.717) is 0 Å². The Balaban J connectivity index is 2.15. The van der Waals surface area contributed by atoms with Crippen LogP contribution in [0.1, 0.15) is 32.1 Å². The average Bonchev–Trinajstić information content (AvgIpc) is 2.85. The third kappa shape index (κ3) is 3.81. The summed E-state index contributed by atoms with van der Waals surface area (Å²) in [6.45, 7) is 0. The number of sulfonamides is 1. The molecule has 1 fully saturated rings. The predicted molar refractivity (Wildman–Crippen MR) is 81.3 cm³/mol. The molecule has 0 atom stereocenters. The van der Waals surface area contributed by atoms with Crippen molar-refractivity contribution in [3.8, 4) is 0 Å². The zero-order valence-corrected chi connectivity index (χ0v) is 12.9. The van der Waals surface area contributed by atoms with Gasteiger partial charge in [-0.25, -0.2) is 13.1 Å². The van der Waals surface area contributed by atoms with Crippen LogP contribution in [0, 0.1) is 0 Å². The van der Waals surface area contributed by atoms with E-state index in [1.54, 1.807) is 18.2 Å². The van der Waals surface area contributed by atoms with Crippen molar-refractivity contribution in [2.75, 3.05) is 12.4 Å². The fraction of sp³-hybridized carbons (Fsp3) is 0.500. The summed E-state index contributed by atoms with van der Waals surface area (Å²) in [6.07, 6.45) is 3.94. The molecule has 1 aromatic rings. The van der Waals surface area contributed by atoms with Crippen molar-refractivity contribution in [2.24, 2.45) is 5.73 Å². The summed E-state index contributed by atoms with van der Waals surface area (Å²) in [5, 5.41) is 2.66. The second-order valence-electron chi connectivity index (χ2n) is 5.50. The second-order valence-corrected chi connectivity index (χ2v) is 7.35. The highest BCUT2D eigenvalue weighted by molar-refractivity contribution is 7.89. The van der Waals surface area contributed by atoms with Gasteiger partial charge in [0.15, 0.2) is 0 Å². The Morgan fingerprint density at radius 1 is 1.29 bits per heavy atom. The first-order valence-corrected chi connectivity index (χ1v) is 8.46. The molecule has 116 valence electrons. The van der Waals surface area contributed by atoms with Gasteiger partial charge in [0.1, 0.15) is 4.90 Å². The van der Waals surface area contributed by atoms with Gasteiger partial charge < -0.3 is 11.1 Å². The van der Waals surface area contributed by atoms with Gasteiger partial charge in [0, 0.05) is 12.0 Å². The topological polar surface area (TPSA) is 101 Å². The summed E-state index contributed by atoms with van der Waals surface area (Å²) in [5.74, 6) is -0.252. The van der Waals surface area contributed by atoms with Gasteiger partial charge >= 0.3 is 0 Å². The predicted octanol–water partition coefficient (Wildman–Crippen LogP) is 1.19. The van der Waals surface area contributed by atoms with Crippen LogP contribution < -0.4 is 15.8 Å². The lowest BCUT2D eigenvalue weighted by Gasteiger charge is -2.22. The molecule has 0 spiro atoms. The van der Waals surface area contributed by atoms with E-state index in [1.807, 2.05) is 0 Å². The molecule has 0 radical (unpaired) electrons. The van der Waals surface area contributed by atoms with E-state index in [1.165, 1.54) is 13.1 Å². The Hall–Kier alpha value is -1.44. The third-order valence-corrected chi connectivity index (χ3v) is 5.30. The van der Waals surface area contributed by atoms with Crippen LogP contribution in [0.4, 0.5) is 5.69 Å². The Labute approximate surface area is 125 Å². The molecular formula is C14H21N3O3S. The first kappa shape index (κ1) is 15.9. The summed E-state index contributed by atoms with van der Waals surface area (Å²) in [6, 6.07) is 6.31. The van der Waals surface area contributed by atoms with Crippen LogP contribution in [0.5, 0.6) is 0 Å². The number of amides is 1. The number of benzene rings is 1. The van der Waals surface area contributed by atoms with Crippen LogP contribution in [-0.2, 0) is 14.8 Å². The number of hydrogen-bond donors (Lipinski definition) is 3. The lowest BCUT2D eigenvalue weighted by atomic mass is 9.94. The van der Waals surface area contributed by atoms with Crippen molar-refractivity contribution in [1.29, 1.82) is 0 Å². The molecule has 0 unspecified atom stereocenters. The zero-order valence-electron chi connectivity index (χ0n) is 12.1. The van der Waals surface area contributed by atoms with Gasteiger partial charge in [-0.05, 0) is 32.0 Å². The molecule has 1 amide bonds. The van der Waals surface area contributed by atoms with Crippen molar-refractivity contribution >= 4 is 21.6 Å². The number of anilines is 1. The number of nitrogens with two attached hydrogens (primary N) is 1. The Morgan fingerprint density at radius 2 is 1.90 bits per heavy atom. The molecule has 1 aliphatic rings. The second kappa shape index (κ2) is 6.13. The van der Waals surface area contributed by atoms with E-state index < -0.39 is 15.6 Å². The Kier molecular flexibility index (Phi) is 4.65. The quantitative estimate of drug-likeness (QED) is 0.760. The fourth-order valence-corrected chi connectivity index (χ4v) is 3.57. The molecule has 1 aliphatic carbocycles. The zero-order chi connectivity index (χ0) is 15.5. The number of nitrogens with one attached hydrogen (secondary N) is 2. The van der Waals surface area contributed by atoms with Gasteiger partial charge in [-0.1, -0.05) is 25.0 Å². The maximum atomic E-state index is 12.1. The lowest BCUT2D eigenvalue weighted by molar-refractivity contribution is -0.117. The smallest absolute Gasteiger partial charge is 0.242 e. The molecule has 0 aliphatic heterocycles. The first-order valence-electron chi connectivity index (χ1n) is 6.98. The highest BCUT2D eigenvalue weighted by atomic mass is 32.2. The van der Waals surface area contributed by atoms with Crippen molar-refractivity contribution in [3.63, 3.8) is 0 Å². The lowest BCUT2D eigenvalue weighted by Crippen LogP contribution is -2.40. The minimum atomic E-state index is -3.61. The van der Waals surface area contributed by atoms with E-state index in [0.717, 1.165) is 25.7 Å². The number of hydrogen-bond acceptors (Lipinski definition) is 4. The maximum absolute atomic E-state index is 12.1. The summed E-state index contributed by atoms with van der Waals surface area (Å²) >= 11 is 0. The molecular weight excluding hydrogens is 290 g/mol. The average molecular weight is 311 g/mol. The summed E-state index contributed by atoms with van der Waals surface area (Å²) in [7, 11) is -2.28. The van der Waals surface area contributed by atoms with Gasteiger partial charge in [0.2, 0.25) is 15.9 Å². The molecule has 0 aromatic heterocycles. The Bertz CT molecular complexity index is 622. The Morgan fingerprint density at radius 3 is 2.52 bits per heavy atom. The number of rotatable bonds is 5. The van der Waals surface area contributed by atoms with Crippen molar-refractivity contribution < 1.29 is 13.2 Å². The van der Waals surface area contributed by atoms with E-state index in [-0.39, 0.29) is 22.9 Å². The van der Waals surface area contributed by atoms with Crippen molar-refractivity contribution in [3.05, 3.63) is 24.3 Å². The molecule has 0 bridgehead atoms. The highest BCUT2D eigenvalue weighted by Crippen LogP contribution is 2.30.